The van der Waals surface area contributed by atoms with Crippen molar-refractivity contribution in [2.45, 2.75) is 13.3 Å². The molecule has 2 heteroatoms. The predicted octanol–water partition coefficient (Wildman–Crippen LogP) is 2.41. The molecule has 0 aliphatic heterocycles. The Balaban J connectivity index is 2.77. The molecule has 0 saturated heterocycles. The number of rotatable bonds is 2. The molecule has 0 unspecified atom stereocenters. The highest BCUT2D eigenvalue weighted by molar-refractivity contribution is 7.80. The summed E-state index contributed by atoms with van der Waals surface area (Å²) in [5.74, 6) is 0. The number of furan rings is 1. The standard InChI is InChI=1S/C7H8OS/c1-2-7(9)6-3-4-8-5-6/h3-5H,2H2,1H3. The first-order valence-corrected chi connectivity index (χ1v) is 3.31. The Hall–Kier alpha value is -0.630. The Morgan fingerprint density at radius 2 is 2.56 bits per heavy atom. The minimum absolute atomic E-state index is 0.912. The lowest BCUT2D eigenvalue weighted by molar-refractivity contribution is 0.567. The van der Waals surface area contributed by atoms with Gasteiger partial charge in [-0.25, -0.2) is 0 Å². The van der Waals surface area contributed by atoms with Gasteiger partial charge in [0, 0.05) is 10.4 Å². The van der Waals surface area contributed by atoms with E-state index in [0.29, 0.717) is 0 Å². The first-order valence-electron chi connectivity index (χ1n) is 2.90. The molecule has 0 bridgehead atoms. The van der Waals surface area contributed by atoms with Gasteiger partial charge in [0.25, 0.3) is 0 Å². The number of hydrogen-bond donors (Lipinski definition) is 0. The summed E-state index contributed by atoms with van der Waals surface area (Å²) in [7, 11) is 0. The third-order valence-electron chi connectivity index (χ3n) is 1.16. The van der Waals surface area contributed by atoms with Gasteiger partial charge in [-0.2, -0.15) is 0 Å². The van der Waals surface area contributed by atoms with E-state index in [9.17, 15) is 0 Å². The Kier molecular flexibility index (Phi) is 2.01. The van der Waals surface area contributed by atoms with E-state index in [2.05, 4.69) is 0 Å². The molecule has 0 radical (unpaired) electrons. The molecule has 0 aromatic carbocycles. The largest absolute Gasteiger partial charge is 0.472 e. The van der Waals surface area contributed by atoms with Crippen LogP contribution in [0.25, 0.3) is 0 Å². The van der Waals surface area contributed by atoms with Gasteiger partial charge in [0.15, 0.2) is 0 Å². The molecule has 0 amide bonds. The molecule has 1 rings (SSSR count). The fourth-order valence-corrected chi connectivity index (χ4v) is 0.743. The Morgan fingerprint density at radius 1 is 1.78 bits per heavy atom. The van der Waals surface area contributed by atoms with Gasteiger partial charge in [-0.15, -0.1) is 0 Å². The summed E-state index contributed by atoms with van der Waals surface area (Å²) in [4.78, 5) is 0.962. The third-order valence-corrected chi connectivity index (χ3v) is 1.69. The van der Waals surface area contributed by atoms with Gasteiger partial charge in [-0.1, -0.05) is 19.1 Å². The van der Waals surface area contributed by atoms with Gasteiger partial charge in [0.05, 0.1) is 12.5 Å². The van der Waals surface area contributed by atoms with Gasteiger partial charge in [0.2, 0.25) is 0 Å². The zero-order chi connectivity index (χ0) is 6.69. The van der Waals surface area contributed by atoms with Gasteiger partial charge in [-0.3, -0.25) is 0 Å². The molecular weight excluding hydrogens is 132 g/mol. The van der Waals surface area contributed by atoms with Crippen molar-refractivity contribution in [1.82, 2.24) is 0 Å². The van der Waals surface area contributed by atoms with Crippen LogP contribution in [0.4, 0.5) is 0 Å². The van der Waals surface area contributed by atoms with Gasteiger partial charge < -0.3 is 4.42 Å². The maximum atomic E-state index is 5.02. The van der Waals surface area contributed by atoms with Crippen LogP contribution in [0.5, 0.6) is 0 Å². The summed E-state index contributed by atoms with van der Waals surface area (Å²) in [5, 5.41) is 0. The summed E-state index contributed by atoms with van der Waals surface area (Å²) < 4.78 is 4.85. The molecule has 0 aliphatic rings. The number of thiocarbonyl (C=S) groups is 1. The van der Waals surface area contributed by atoms with Crippen molar-refractivity contribution in [2.24, 2.45) is 0 Å². The van der Waals surface area contributed by atoms with Gasteiger partial charge in [-0.05, 0) is 12.5 Å². The smallest absolute Gasteiger partial charge is 0.0986 e. The molecule has 1 aromatic rings. The molecule has 0 N–H and O–H groups in total. The van der Waals surface area contributed by atoms with Crippen molar-refractivity contribution >= 4 is 17.1 Å². The lowest BCUT2D eigenvalue weighted by Crippen LogP contribution is -1.89. The van der Waals surface area contributed by atoms with Crippen LogP contribution in [0, 0.1) is 0 Å². The number of hydrogen-bond acceptors (Lipinski definition) is 2. The van der Waals surface area contributed by atoms with Crippen LogP contribution in [-0.2, 0) is 0 Å². The van der Waals surface area contributed by atoms with E-state index < -0.39 is 0 Å². The molecule has 9 heavy (non-hydrogen) atoms. The van der Waals surface area contributed by atoms with E-state index in [0.717, 1.165) is 16.8 Å². The van der Waals surface area contributed by atoms with E-state index in [4.69, 9.17) is 16.6 Å². The topological polar surface area (TPSA) is 13.1 Å². The molecule has 1 nitrogen and oxygen atoms in total. The summed E-state index contributed by atoms with van der Waals surface area (Å²) in [6, 6.07) is 1.88. The average Bonchev–Trinajstić information content (AvgIpc) is 2.37. The fraction of sp³-hybridized carbons (Fsp3) is 0.286. The lowest BCUT2D eigenvalue weighted by Gasteiger charge is -1.89. The van der Waals surface area contributed by atoms with Crippen molar-refractivity contribution < 1.29 is 4.42 Å². The van der Waals surface area contributed by atoms with Crippen LogP contribution in [0.3, 0.4) is 0 Å². The molecule has 0 aliphatic carbocycles. The monoisotopic (exact) mass is 140 g/mol. The van der Waals surface area contributed by atoms with Crippen molar-refractivity contribution in [3.63, 3.8) is 0 Å². The minimum Gasteiger partial charge on any atom is -0.472 e. The molecule has 1 heterocycles. The van der Waals surface area contributed by atoms with Crippen LogP contribution in [0.15, 0.2) is 23.0 Å². The normalized spacial score (nSPS) is 9.44. The third kappa shape index (κ3) is 1.39. The van der Waals surface area contributed by atoms with Crippen LogP contribution in [0.2, 0.25) is 0 Å². The zero-order valence-electron chi connectivity index (χ0n) is 5.26. The van der Waals surface area contributed by atoms with E-state index in [1.165, 1.54) is 0 Å². The Bertz CT molecular complexity index is 189. The maximum absolute atomic E-state index is 5.02. The first-order chi connectivity index (χ1) is 4.34. The molecule has 0 fully saturated rings. The SMILES string of the molecule is CCC(=S)c1ccoc1. The first kappa shape index (κ1) is 6.49. The second-order valence-electron chi connectivity index (χ2n) is 1.79. The van der Waals surface area contributed by atoms with E-state index >= 15 is 0 Å². The van der Waals surface area contributed by atoms with Crippen LogP contribution in [0.1, 0.15) is 18.9 Å². The highest BCUT2D eigenvalue weighted by Crippen LogP contribution is 2.04. The predicted molar refractivity (Wildman–Crippen MR) is 40.7 cm³/mol. The molecule has 0 saturated carbocycles. The van der Waals surface area contributed by atoms with Crippen molar-refractivity contribution in [3.8, 4) is 0 Å². The highest BCUT2D eigenvalue weighted by Gasteiger charge is 1.96. The molecule has 48 valence electrons. The lowest BCUT2D eigenvalue weighted by atomic mass is 10.2. The molecule has 0 atom stereocenters. The minimum atomic E-state index is 0.912. The summed E-state index contributed by atoms with van der Waals surface area (Å²) in [5.41, 5.74) is 1.03. The van der Waals surface area contributed by atoms with Crippen LogP contribution in [-0.4, -0.2) is 4.86 Å². The quantitative estimate of drug-likeness (QED) is 0.462. The summed E-state index contributed by atoms with van der Waals surface area (Å²) >= 11 is 5.02. The van der Waals surface area contributed by atoms with E-state index in [1.807, 2.05) is 13.0 Å². The Morgan fingerprint density at radius 3 is 3.00 bits per heavy atom. The summed E-state index contributed by atoms with van der Waals surface area (Å²) in [6.45, 7) is 2.04. The zero-order valence-corrected chi connectivity index (χ0v) is 6.07. The van der Waals surface area contributed by atoms with Crippen molar-refractivity contribution in [2.75, 3.05) is 0 Å². The second-order valence-corrected chi connectivity index (χ2v) is 2.28. The van der Waals surface area contributed by atoms with Crippen molar-refractivity contribution in [1.29, 1.82) is 0 Å². The van der Waals surface area contributed by atoms with E-state index in [-0.39, 0.29) is 0 Å². The van der Waals surface area contributed by atoms with E-state index in [1.54, 1.807) is 12.5 Å². The molecular formula is C7H8OS. The van der Waals surface area contributed by atoms with Gasteiger partial charge in [0.1, 0.15) is 0 Å². The summed E-state index contributed by atoms with van der Waals surface area (Å²) in [6.07, 6.45) is 4.22. The highest BCUT2D eigenvalue weighted by atomic mass is 32.1. The van der Waals surface area contributed by atoms with Gasteiger partial charge >= 0.3 is 0 Å². The second kappa shape index (κ2) is 2.78. The molecule has 1 aromatic heterocycles. The molecule has 0 spiro atoms. The maximum Gasteiger partial charge on any atom is 0.0986 e. The van der Waals surface area contributed by atoms with Crippen LogP contribution >= 0.6 is 12.2 Å². The average molecular weight is 140 g/mol. The fourth-order valence-electron chi connectivity index (χ4n) is 0.627. The van der Waals surface area contributed by atoms with Crippen LogP contribution < -0.4 is 0 Å². The Labute approximate surface area is 59.7 Å². The van der Waals surface area contributed by atoms with Crippen molar-refractivity contribution in [3.05, 3.63) is 24.2 Å².